The van der Waals surface area contributed by atoms with Crippen LogP contribution in [0.25, 0.3) is 5.69 Å². The summed E-state index contributed by atoms with van der Waals surface area (Å²) >= 11 is 3.42. The SMILES string of the molecule is Cc1cc(Br)cnc1NCc1ccc(-n2ccnc2)cc1. The predicted molar refractivity (Wildman–Crippen MR) is 87.6 cm³/mol. The minimum absolute atomic E-state index is 0.750. The third-order valence-electron chi connectivity index (χ3n) is 3.24. The van der Waals surface area contributed by atoms with Crippen LogP contribution in [0.1, 0.15) is 11.1 Å². The van der Waals surface area contributed by atoms with Crippen LogP contribution < -0.4 is 5.32 Å². The fourth-order valence-electron chi connectivity index (χ4n) is 2.11. The molecule has 0 amide bonds. The lowest BCUT2D eigenvalue weighted by Crippen LogP contribution is -2.03. The van der Waals surface area contributed by atoms with Crippen LogP contribution in [0.3, 0.4) is 0 Å². The summed E-state index contributed by atoms with van der Waals surface area (Å²) in [6.07, 6.45) is 7.31. The number of anilines is 1. The monoisotopic (exact) mass is 342 g/mol. The van der Waals surface area contributed by atoms with E-state index in [2.05, 4.69) is 61.5 Å². The number of imidazole rings is 1. The Morgan fingerprint density at radius 1 is 1.24 bits per heavy atom. The summed E-state index contributed by atoms with van der Waals surface area (Å²) in [6, 6.07) is 10.4. The molecule has 0 aliphatic carbocycles. The zero-order chi connectivity index (χ0) is 14.7. The Kier molecular flexibility index (Phi) is 4.01. The van der Waals surface area contributed by atoms with Gasteiger partial charge < -0.3 is 9.88 Å². The molecule has 3 rings (SSSR count). The first-order chi connectivity index (χ1) is 10.2. The fourth-order valence-corrected chi connectivity index (χ4v) is 2.55. The number of nitrogens with zero attached hydrogens (tertiary/aromatic N) is 3. The molecule has 106 valence electrons. The number of hydrogen-bond donors (Lipinski definition) is 1. The van der Waals surface area contributed by atoms with E-state index in [0.29, 0.717) is 0 Å². The molecule has 5 heteroatoms. The Labute approximate surface area is 132 Å². The van der Waals surface area contributed by atoms with Crippen LogP contribution in [0.15, 0.2) is 59.7 Å². The van der Waals surface area contributed by atoms with Gasteiger partial charge in [0.25, 0.3) is 0 Å². The van der Waals surface area contributed by atoms with Crippen molar-refractivity contribution in [2.75, 3.05) is 5.32 Å². The second-order valence-corrected chi connectivity index (χ2v) is 5.72. The summed E-state index contributed by atoms with van der Waals surface area (Å²) in [5, 5.41) is 3.36. The zero-order valence-electron chi connectivity index (χ0n) is 11.6. The molecule has 1 aromatic carbocycles. The molecule has 21 heavy (non-hydrogen) atoms. The van der Waals surface area contributed by atoms with Gasteiger partial charge in [0.05, 0.1) is 6.33 Å². The Morgan fingerprint density at radius 3 is 2.71 bits per heavy atom. The maximum atomic E-state index is 4.38. The number of pyridine rings is 1. The molecule has 0 bridgehead atoms. The van der Waals surface area contributed by atoms with Gasteiger partial charge in [0, 0.05) is 35.3 Å². The molecular formula is C16H15BrN4. The highest BCUT2D eigenvalue weighted by Gasteiger charge is 2.01. The first-order valence-corrected chi connectivity index (χ1v) is 7.45. The Bertz CT molecular complexity index is 721. The average Bonchev–Trinajstić information content (AvgIpc) is 3.01. The number of rotatable bonds is 4. The van der Waals surface area contributed by atoms with Gasteiger partial charge in [0.2, 0.25) is 0 Å². The van der Waals surface area contributed by atoms with E-state index in [4.69, 9.17) is 0 Å². The molecule has 0 aliphatic rings. The summed E-state index contributed by atoms with van der Waals surface area (Å²) < 4.78 is 2.98. The first kappa shape index (κ1) is 13.8. The number of aryl methyl sites for hydroxylation is 1. The van der Waals surface area contributed by atoms with Gasteiger partial charge in [0.1, 0.15) is 5.82 Å². The highest BCUT2D eigenvalue weighted by Crippen LogP contribution is 2.18. The lowest BCUT2D eigenvalue weighted by atomic mass is 10.2. The smallest absolute Gasteiger partial charge is 0.129 e. The number of nitrogens with one attached hydrogen (secondary N) is 1. The minimum atomic E-state index is 0.750. The van der Waals surface area contributed by atoms with Crippen LogP contribution in [0, 0.1) is 6.92 Å². The third kappa shape index (κ3) is 3.31. The molecule has 2 aromatic heterocycles. The quantitative estimate of drug-likeness (QED) is 0.780. The summed E-state index contributed by atoms with van der Waals surface area (Å²) in [5.74, 6) is 0.914. The topological polar surface area (TPSA) is 42.7 Å². The van der Waals surface area contributed by atoms with Crippen LogP contribution in [0.4, 0.5) is 5.82 Å². The minimum Gasteiger partial charge on any atom is -0.366 e. The fraction of sp³-hybridized carbons (Fsp3) is 0.125. The first-order valence-electron chi connectivity index (χ1n) is 6.66. The van der Waals surface area contributed by atoms with Crippen molar-refractivity contribution in [3.05, 3.63) is 70.8 Å². The van der Waals surface area contributed by atoms with E-state index >= 15 is 0 Å². The Hall–Kier alpha value is -2.14. The molecule has 0 fully saturated rings. The Balaban J connectivity index is 1.68. The number of halogens is 1. The van der Waals surface area contributed by atoms with E-state index in [0.717, 1.165) is 28.1 Å². The molecule has 3 aromatic rings. The molecule has 1 N–H and O–H groups in total. The van der Waals surface area contributed by atoms with Gasteiger partial charge in [-0.05, 0) is 52.2 Å². The van der Waals surface area contributed by atoms with Crippen molar-refractivity contribution < 1.29 is 0 Å². The zero-order valence-corrected chi connectivity index (χ0v) is 13.2. The molecule has 0 aliphatic heterocycles. The Morgan fingerprint density at radius 2 is 2.05 bits per heavy atom. The average molecular weight is 343 g/mol. The van der Waals surface area contributed by atoms with E-state index in [1.807, 2.05) is 17.7 Å². The highest BCUT2D eigenvalue weighted by molar-refractivity contribution is 9.10. The van der Waals surface area contributed by atoms with Crippen molar-refractivity contribution in [2.24, 2.45) is 0 Å². The van der Waals surface area contributed by atoms with Gasteiger partial charge in [-0.1, -0.05) is 12.1 Å². The summed E-state index contributed by atoms with van der Waals surface area (Å²) in [5.41, 5.74) is 3.44. The normalized spacial score (nSPS) is 10.6. The maximum Gasteiger partial charge on any atom is 0.129 e. The van der Waals surface area contributed by atoms with E-state index in [1.54, 1.807) is 18.7 Å². The van der Waals surface area contributed by atoms with Crippen molar-refractivity contribution >= 4 is 21.7 Å². The molecule has 0 unspecified atom stereocenters. The van der Waals surface area contributed by atoms with Gasteiger partial charge in [-0.15, -0.1) is 0 Å². The molecule has 0 radical (unpaired) electrons. The van der Waals surface area contributed by atoms with Crippen molar-refractivity contribution in [2.45, 2.75) is 13.5 Å². The van der Waals surface area contributed by atoms with Crippen LogP contribution in [0.5, 0.6) is 0 Å². The van der Waals surface area contributed by atoms with Crippen LogP contribution in [-0.4, -0.2) is 14.5 Å². The predicted octanol–water partition coefficient (Wildman–Crippen LogP) is 3.95. The lowest BCUT2D eigenvalue weighted by Gasteiger charge is -2.09. The van der Waals surface area contributed by atoms with Crippen LogP contribution in [-0.2, 0) is 6.54 Å². The molecule has 0 spiro atoms. The van der Waals surface area contributed by atoms with Crippen molar-refractivity contribution in [1.29, 1.82) is 0 Å². The van der Waals surface area contributed by atoms with Gasteiger partial charge >= 0.3 is 0 Å². The van der Waals surface area contributed by atoms with E-state index in [1.165, 1.54) is 5.56 Å². The second kappa shape index (κ2) is 6.10. The van der Waals surface area contributed by atoms with E-state index < -0.39 is 0 Å². The van der Waals surface area contributed by atoms with Gasteiger partial charge in [-0.3, -0.25) is 0 Å². The largest absolute Gasteiger partial charge is 0.366 e. The second-order valence-electron chi connectivity index (χ2n) is 4.81. The third-order valence-corrected chi connectivity index (χ3v) is 3.68. The summed E-state index contributed by atoms with van der Waals surface area (Å²) in [7, 11) is 0. The maximum absolute atomic E-state index is 4.38. The molecule has 2 heterocycles. The number of benzene rings is 1. The number of hydrogen-bond acceptors (Lipinski definition) is 3. The summed E-state index contributed by atoms with van der Waals surface area (Å²) in [4.78, 5) is 8.43. The molecule has 0 saturated heterocycles. The van der Waals surface area contributed by atoms with Gasteiger partial charge in [0.15, 0.2) is 0 Å². The molecule has 0 atom stereocenters. The molecule has 0 saturated carbocycles. The highest BCUT2D eigenvalue weighted by atomic mass is 79.9. The van der Waals surface area contributed by atoms with Crippen LogP contribution >= 0.6 is 15.9 Å². The van der Waals surface area contributed by atoms with E-state index in [-0.39, 0.29) is 0 Å². The molecular weight excluding hydrogens is 328 g/mol. The number of aromatic nitrogens is 3. The summed E-state index contributed by atoms with van der Waals surface area (Å²) in [6.45, 7) is 2.79. The molecule has 4 nitrogen and oxygen atoms in total. The van der Waals surface area contributed by atoms with Gasteiger partial charge in [-0.2, -0.15) is 0 Å². The van der Waals surface area contributed by atoms with E-state index in [9.17, 15) is 0 Å². The van der Waals surface area contributed by atoms with Crippen molar-refractivity contribution in [3.63, 3.8) is 0 Å². The standard InChI is InChI=1S/C16H15BrN4/c1-12-8-14(17)10-20-16(12)19-9-13-2-4-15(5-3-13)21-7-6-18-11-21/h2-8,10-11H,9H2,1H3,(H,19,20). The lowest BCUT2D eigenvalue weighted by molar-refractivity contribution is 1.04. The van der Waals surface area contributed by atoms with Crippen molar-refractivity contribution in [1.82, 2.24) is 14.5 Å². The van der Waals surface area contributed by atoms with Crippen molar-refractivity contribution in [3.8, 4) is 5.69 Å². The van der Waals surface area contributed by atoms with Crippen LogP contribution in [0.2, 0.25) is 0 Å². The van der Waals surface area contributed by atoms with Gasteiger partial charge in [-0.25, -0.2) is 9.97 Å².